The molecule has 11 heteroatoms. The minimum Gasteiger partial charge on any atom is -0.378 e. The lowest BCUT2D eigenvalue weighted by Crippen LogP contribution is -2.52. The van der Waals surface area contributed by atoms with Crippen LogP contribution >= 0.6 is 0 Å². The minimum absolute atomic E-state index is 0.0894. The summed E-state index contributed by atoms with van der Waals surface area (Å²) >= 11 is 0. The highest BCUT2D eigenvalue weighted by Gasteiger charge is 2.30. The SMILES string of the molecule is Cn1c(=O)c2cc(S(=O)(=O)NC(Cc3ccccc3)C(=O)N3CCOCC3)ccc2n(C)c1=O. The van der Waals surface area contributed by atoms with E-state index in [9.17, 15) is 22.8 Å². The summed E-state index contributed by atoms with van der Waals surface area (Å²) in [5.41, 5.74) is 0.0158. The van der Waals surface area contributed by atoms with Crippen LogP contribution < -0.4 is 16.0 Å². The second kappa shape index (κ2) is 9.53. The molecule has 2 heterocycles. The molecule has 1 aliphatic rings. The van der Waals surface area contributed by atoms with Crippen molar-refractivity contribution in [3.8, 4) is 0 Å². The van der Waals surface area contributed by atoms with Gasteiger partial charge in [-0.05, 0) is 30.2 Å². The van der Waals surface area contributed by atoms with Gasteiger partial charge in [0.2, 0.25) is 15.9 Å². The summed E-state index contributed by atoms with van der Waals surface area (Å²) in [6.07, 6.45) is 0.167. The molecule has 1 N–H and O–H groups in total. The van der Waals surface area contributed by atoms with Gasteiger partial charge in [-0.25, -0.2) is 13.2 Å². The van der Waals surface area contributed by atoms with Crippen LogP contribution in [0.15, 0.2) is 63.0 Å². The lowest BCUT2D eigenvalue weighted by Gasteiger charge is -2.30. The van der Waals surface area contributed by atoms with Crippen molar-refractivity contribution >= 4 is 26.8 Å². The highest BCUT2D eigenvalue weighted by Crippen LogP contribution is 2.17. The number of hydrogen-bond donors (Lipinski definition) is 1. The maximum Gasteiger partial charge on any atom is 0.330 e. The van der Waals surface area contributed by atoms with Gasteiger partial charge in [-0.3, -0.25) is 18.7 Å². The molecule has 4 rings (SSSR count). The van der Waals surface area contributed by atoms with Crippen LogP contribution in [0.5, 0.6) is 0 Å². The lowest BCUT2D eigenvalue weighted by molar-refractivity contribution is -0.137. The van der Waals surface area contributed by atoms with Crippen LogP contribution in [0.4, 0.5) is 0 Å². The number of aryl methyl sites for hydroxylation is 1. The Morgan fingerprint density at radius 3 is 2.38 bits per heavy atom. The van der Waals surface area contributed by atoms with Gasteiger partial charge in [0, 0.05) is 27.2 Å². The average molecular weight is 487 g/mol. The van der Waals surface area contributed by atoms with Gasteiger partial charge in [-0.1, -0.05) is 30.3 Å². The molecule has 1 saturated heterocycles. The number of aromatic nitrogens is 2. The molecule has 0 bridgehead atoms. The van der Waals surface area contributed by atoms with E-state index in [0.29, 0.717) is 31.8 Å². The Morgan fingerprint density at radius 2 is 1.71 bits per heavy atom. The Kier molecular flexibility index (Phi) is 6.69. The van der Waals surface area contributed by atoms with Crippen molar-refractivity contribution in [2.75, 3.05) is 26.3 Å². The molecule has 3 aromatic rings. The van der Waals surface area contributed by atoms with Crippen LogP contribution in [-0.4, -0.2) is 60.7 Å². The zero-order valence-corrected chi connectivity index (χ0v) is 19.7. The van der Waals surface area contributed by atoms with Gasteiger partial charge < -0.3 is 9.64 Å². The van der Waals surface area contributed by atoms with E-state index in [4.69, 9.17) is 4.74 Å². The van der Waals surface area contributed by atoms with Gasteiger partial charge in [0.1, 0.15) is 6.04 Å². The number of benzene rings is 2. The van der Waals surface area contributed by atoms with Crippen LogP contribution in [-0.2, 0) is 40.1 Å². The van der Waals surface area contributed by atoms with Crippen LogP contribution in [0.25, 0.3) is 10.9 Å². The first-order valence-corrected chi connectivity index (χ1v) is 12.3. The fourth-order valence-corrected chi connectivity index (χ4v) is 5.25. The molecule has 2 aromatic carbocycles. The smallest absolute Gasteiger partial charge is 0.330 e. The molecule has 1 aliphatic heterocycles. The number of nitrogens with zero attached hydrogens (tertiary/aromatic N) is 3. The first-order chi connectivity index (χ1) is 16.2. The molecule has 0 saturated carbocycles. The highest BCUT2D eigenvalue weighted by molar-refractivity contribution is 7.89. The van der Waals surface area contributed by atoms with Crippen molar-refractivity contribution in [2.24, 2.45) is 14.1 Å². The van der Waals surface area contributed by atoms with Crippen LogP contribution in [0.2, 0.25) is 0 Å². The van der Waals surface area contributed by atoms with Gasteiger partial charge in [0.15, 0.2) is 0 Å². The van der Waals surface area contributed by atoms with Crippen molar-refractivity contribution in [1.29, 1.82) is 0 Å². The normalized spacial score (nSPS) is 15.4. The number of morpholine rings is 1. The van der Waals surface area contributed by atoms with Crippen LogP contribution in [0.3, 0.4) is 0 Å². The van der Waals surface area contributed by atoms with Crippen LogP contribution in [0.1, 0.15) is 5.56 Å². The molecule has 10 nitrogen and oxygen atoms in total. The molecule has 1 fully saturated rings. The zero-order chi connectivity index (χ0) is 24.5. The number of carbonyl (C=O) groups excluding carboxylic acids is 1. The number of amides is 1. The topological polar surface area (TPSA) is 120 Å². The number of rotatable bonds is 6. The highest BCUT2D eigenvalue weighted by atomic mass is 32.2. The summed E-state index contributed by atoms with van der Waals surface area (Å²) < 4.78 is 36.7. The van der Waals surface area contributed by atoms with Gasteiger partial charge >= 0.3 is 5.69 Å². The quantitative estimate of drug-likeness (QED) is 0.523. The molecule has 34 heavy (non-hydrogen) atoms. The van der Waals surface area contributed by atoms with Crippen molar-refractivity contribution in [3.63, 3.8) is 0 Å². The maximum atomic E-state index is 13.3. The third kappa shape index (κ3) is 4.67. The van der Waals surface area contributed by atoms with Gasteiger partial charge in [-0.2, -0.15) is 4.72 Å². The predicted octanol–water partition coefficient (Wildman–Crippen LogP) is -0.0144. The molecular formula is C23H26N4O6S. The third-order valence-corrected chi connectivity index (χ3v) is 7.42. The molecular weight excluding hydrogens is 460 g/mol. The van der Waals surface area contributed by atoms with E-state index in [1.807, 2.05) is 30.3 Å². The number of fused-ring (bicyclic) bond motifs is 1. The molecule has 0 spiro atoms. The standard InChI is InChI=1S/C23H26N4O6S/c1-25-20-9-8-17(15-18(20)21(28)26(2)23(25)30)34(31,32)24-19(14-16-6-4-3-5-7-16)22(29)27-10-12-33-13-11-27/h3-9,15,19,24H,10-14H2,1-2H3. The summed E-state index contributed by atoms with van der Waals surface area (Å²) in [7, 11) is -1.33. The summed E-state index contributed by atoms with van der Waals surface area (Å²) in [6.45, 7) is 1.55. The maximum absolute atomic E-state index is 13.3. The van der Waals surface area contributed by atoms with E-state index < -0.39 is 27.3 Å². The van der Waals surface area contributed by atoms with E-state index in [0.717, 1.165) is 10.1 Å². The number of hydrogen-bond acceptors (Lipinski definition) is 6. The van der Waals surface area contributed by atoms with Gasteiger partial charge in [0.05, 0.1) is 29.0 Å². The van der Waals surface area contributed by atoms with E-state index in [1.165, 1.54) is 36.9 Å². The number of carbonyl (C=O) groups is 1. The van der Waals surface area contributed by atoms with E-state index in [2.05, 4.69) is 4.72 Å². The second-order valence-electron chi connectivity index (χ2n) is 8.19. The fourth-order valence-electron chi connectivity index (χ4n) is 4.03. The molecule has 1 unspecified atom stereocenters. The summed E-state index contributed by atoms with van der Waals surface area (Å²) in [5, 5.41) is 0.0894. The summed E-state index contributed by atoms with van der Waals surface area (Å²) in [5.74, 6) is -0.338. The number of sulfonamides is 1. The Hall–Kier alpha value is -3.28. The Labute approximate surface area is 196 Å². The Morgan fingerprint density at radius 1 is 1.03 bits per heavy atom. The Balaban J connectivity index is 1.71. The van der Waals surface area contributed by atoms with E-state index in [-0.39, 0.29) is 22.6 Å². The Bertz CT molecular complexity index is 1440. The third-order valence-electron chi connectivity index (χ3n) is 5.95. The first-order valence-electron chi connectivity index (χ1n) is 10.8. The van der Waals surface area contributed by atoms with Crippen molar-refractivity contribution < 1.29 is 17.9 Å². The molecule has 1 atom stereocenters. The largest absolute Gasteiger partial charge is 0.378 e. The number of nitrogens with one attached hydrogen (secondary N) is 1. The van der Waals surface area contributed by atoms with Crippen LogP contribution in [0, 0.1) is 0 Å². The van der Waals surface area contributed by atoms with Crippen molar-refractivity contribution in [2.45, 2.75) is 17.4 Å². The summed E-state index contributed by atoms with van der Waals surface area (Å²) in [4.78, 5) is 39.5. The molecule has 0 radical (unpaired) electrons. The minimum atomic E-state index is -4.17. The lowest BCUT2D eigenvalue weighted by atomic mass is 10.1. The van der Waals surface area contributed by atoms with E-state index in [1.54, 1.807) is 4.90 Å². The zero-order valence-electron chi connectivity index (χ0n) is 18.9. The second-order valence-corrected chi connectivity index (χ2v) is 9.90. The summed E-state index contributed by atoms with van der Waals surface area (Å²) in [6, 6.07) is 12.1. The van der Waals surface area contributed by atoms with E-state index >= 15 is 0 Å². The van der Waals surface area contributed by atoms with Crippen molar-refractivity contribution in [3.05, 3.63) is 74.9 Å². The predicted molar refractivity (Wildman–Crippen MR) is 126 cm³/mol. The molecule has 180 valence electrons. The van der Waals surface area contributed by atoms with Gasteiger partial charge in [0.25, 0.3) is 5.56 Å². The fraction of sp³-hybridized carbons (Fsp3) is 0.348. The molecule has 1 aromatic heterocycles. The average Bonchev–Trinajstić information content (AvgIpc) is 2.86. The van der Waals surface area contributed by atoms with Gasteiger partial charge in [-0.15, -0.1) is 0 Å². The molecule has 0 aliphatic carbocycles. The monoisotopic (exact) mass is 486 g/mol. The molecule has 1 amide bonds. The van der Waals surface area contributed by atoms with Crippen molar-refractivity contribution in [1.82, 2.24) is 18.8 Å². The first kappa shape index (κ1) is 23.9. The number of ether oxygens (including phenoxy) is 1.